The maximum atomic E-state index is 13.6. The minimum absolute atomic E-state index is 0.172. The third-order valence-electron chi connectivity index (χ3n) is 3.42. The van der Waals surface area contributed by atoms with Crippen molar-refractivity contribution in [1.82, 2.24) is 0 Å². The van der Waals surface area contributed by atoms with Crippen LogP contribution in [0.5, 0.6) is 5.75 Å². The predicted molar refractivity (Wildman–Crippen MR) is 80.5 cm³/mol. The number of ether oxygens (including phenoxy) is 1. The number of halogens is 3. The first-order valence-corrected chi connectivity index (χ1v) is 7.38. The molecule has 3 rings (SSSR count). The number of hydrogen-bond donors (Lipinski definition) is 1. The SMILES string of the molecule is N[C@H]1CC(c2ccc(Br)c(F)c2)Oc2ccc(Cl)cc21. The van der Waals surface area contributed by atoms with E-state index >= 15 is 0 Å². The summed E-state index contributed by atoms with van der Waals surface area (Å²) in [5.74, 6) is 0.406. The highest BCUT2D eigenvalue weighted by Crippen LogP contribution is 2.41. The van der Waals surface area contributed by atoms with Crippen LogP contribution in [0, 0.1) is 5.82 Å². The molecule has 2 nitrogen and oxygen atoms in total. The molecule has 0 bridgehead atoms. The van der Waals surface area contributed by atoms with Crippen LogP contribution in [0.3, 0.4) is 0 Å². The van der Waals surface area contributed by atoms with Crippen LogP contribution in [0.4, 0.5) is 4.39 Å². The van der Waals surface area contributed by atoms with Gasteiger partial charge in [0.15, 0.2) is 0 Å². The Bertz CT molecular complexity index is 664. The molecule has 0 saturated heterocycles. The molecule has 0 aromatic heterocycles. The van der Waals surface area contributed by atoms with E-state index in [2.05, 4.69) is 15.9 Å². The van der Waals surface area contributed by atoms with E-state index in [9.17, 15) is 4.39 Å². The Kier molecular flexibility index (Phi) is 3.71. The molecule has 1 aliphatic rings. The molecule has 0 amide bonds. The van der Waals surface area contributed by atoms with E-state index in [1.165, 1.54) is 6.07 Å². The van der Waals surface area contributed by atoms with Crippen molar-refractivity contribution in [3.63, 3.8) is 0 Å². The van der Waals surface area contributed by atoms with Gasteiger partial charge >= 0.3 is 0 Å². The summed E-state index contributed by atoms with van der Waals surface area (Å²) < 4.78 is 20.0. The zero-order valence-electron chi connectivity index (χ0n) is 10.4. The van der Waals surface area contributed by atoms with Crippen LogP contribution in [0.15, 0.2) is 40.9 Å². The molecule has 2 aromatic carbocycles. The lowest BCUT2D eigenvalue weighted by atomic mass is 9.93. The van der Waals surface area contributed by atoms with E-state index in [0.29, 0.717) is 21.7 Å². The van der Waals surface area contributed by atoms with Gasteiger partial charge in [-0.15, -0.1) is 0 Å². The van der Waals surface area contributed by atoms with Crippen LogP contribution >= 0.6 is 27.5 Å². The zero-order valence-corrected chi connectivity index (χ0v) is 12.8. The second-order valence-corrected chi connectivity index (χ2v) is 6.10. The Morgan fingerprint density at radius 2 is 2.05 bits per heavy atom. The average Bonchev–Trinajstić information content (AvgIpc) is 2.42. The van der Waals surface area contributed by atoms with Crippen molar-refractivity contribution < 1.29 is 9.13 Å². The molecule has 1 heterocycles. The summed E-state index contributed by atoms with van der Waals surface area (Å²) in [5.41, 5.74) is 7.84. The molecule has 2 atom stereocenters. The van der Waals surface area contributed by atoms with E-state index in [1.807, 2.05) is 12.1 Å². The van der Waals surface area contributed by atoms with E-state index in [0.717, 1.165) is 11.1 Å². The minimum atomic E-state index is -0.304. The second kappa shape index (κ2) is 5.35. The normalized spacial score (nSPS) is 21.2. The molecule has 20 heavy (non-hydrogen) atoms. The molecule has 0 radical (unpaired) electrons. The van der Waals surface area contributed by atoms with Gasteiger partial charge < -0.3 is 10.5 Å². The Hall–Kier alpha value is -1.10. The zero-order chi connectivity index (χ0) is 14.3. The quantitative estimate of drug-likeness (QED) is 0.799. The summed E-state index contributed by atoms with van der Waals surface area (Å²) in [6.07, 6.45) is 0.343. The van der Waals surface area contributed by atoms with Gasteiger partial charge in [0, 0.05) is 23.0 Å². The Labute approximate surface area is 129 Å². The van der Waals surface area contributed by atoms with Gasteiger partial charge in [0.2, 0.25) is 0 Å². The van der Waals surface area contributed by atoms with Crippen LogP contribution in [0.1, 0.15) is 29.7 Å². The summed E-state index contributed by atoms with van der Waals surface area (Å²) in [4.78, 5) is 0. The molecule has 0 spiro atoms. The molecule has 1 aliphatic heterocycles. The largest absolute Gasteiger partial charge is 0.485 e. The van der Waals surface area contributed by atoms with Gasteiger partial charge in [-0.2, -0.15) is 0 Å². The van der Waals surface area contributed by atoms with E-state index in [-0.39, 0.29) is 18.0 Å². The highest BCUT2D eigenvalue weighted by molar-refractivity contribution is 9.10. The maximum Gasteiger partial charge on any atom is 0.137 e. The average molecular weight is 357 g/mol. The highest BCUT2D eigenvalue weighted by atomic mass is 79.9. The third kappa shape index (κ3) is 2.55. The maximum absolute atomic E-state index is 13.6. The number of nitrogens with two attached hydrogens (primary N) is 1. The second-order valence-electron chi connectivity index (χ2n) is 4.80. The first-order valence-electron chi connectivity index (χ1n) is 6.21. The van der Waals surface area contributed by atoms with Crippen LogP contribution in [-0.4, -0.2) is 0 Å². The molecule has 0 fully saturated rings. The standard InChI is InChI=1S/C15H12BrClFNO/c16-11-3-1-8(5-12(11)18)15-7-13(19)10-6-9(17)2-4-14(10)20-15/h1-6,13,15H,7,19H2/t13-,15?/m0/s1. The van der Waals surface area contributed by atoms with Crippen LogP contribution in [-0.2, 0) is 0 Å². The molecule has 0 aliphatic carbocycles. The fraction of sp³-hybridized carbons (Fsp3) is 0.200. The van der Waals surface area contributed by atoms with Crippen molar-refractivity contribution in [2.45, 2.75) is 18.6 Å². The van der Waals surface area contributed by atoms with E-state index in [4.69, 9.17) is 22.1 Å². The van der Waals surface area contributed by atoms with Crippen LogP contribution in [0.25, 0.3) is 0 Å². The fourth-order valence-corrected chi connectivity index (χ4v) is 2.82. The number of benzene rings is 2. The van der Waals surface area contributed by atoms with Gasteiger partial charge in [0.25, 0.3) is 0 Å². The lowest BCUT2D eigenvalue weighted by Gasteiger charge is -2.30. The van der Waals surface area contributed by atoms with Gasteiger partial charge in [0.1, 0.15) is 17.7 Å². The number of hydrogen-bond acceptors (Lipinski definition) is 2. The summed E-state index contributed by atoms with van der Waals surface area (Å²) in [6, 6.07) is 10.2. The first kappa shape index (κ1) is 13.9. The lowest BCUT2D eigenvalue weighted by Crippen LogP contribution is -2.24. The molecular weight excluding hydrogens is 345 g/mol. The summed E-state index contributed by atoms with van der Waals surface area (Å²) in [5, 5.41) is 0.635. The number of fused-ring (bicyclic) bond motifs is 1. The van der Waals surface area contributed by atoms with Crippen molar-refractivity contribution >= 4 is 27.5 Å². The van der Waals surface area contributed by atoms with E-state index < -0.39 is 0 Å². The van der Waals surface area contributed by atoms with Crippen molar-refractivity contribution in [2.24, 2.45) is 5.73 Å². The number of rotatable bonds is 1. The van der Waals surface area contributed by atoms with Crippen LogP contribution in [0.2, 0.25) is 5.02 Å². The molecule has 104 valence electrons. The van der Waals surface area contributed by atoms with E-state index in [1.54, 1.807) is 18.2 Å². The topological polar surface area (TPSA) is 35.2 Å². The van der Waals surface area contributed by atoms with Gasteiger partial charge in [-0.1, -0.05) is 17.7 Å². The summed E-state index contributed by atoms with van der Waals surface area (Å²) in [7, 11) is 0. The predicted octanol–water partition coefficient (Wildman–Crippen LogP) is 4.77. The summed E-state index contributed by atoms with van der Waals surface area (Å²) in [6.45, 7) is 0. The van der Waals surface area contributed by atoms with Gasteiger partial charge in [-0.3, -0.25) is 0 Å². The van der Waals surface area contributed by atoms with Gasteiger partial charge in [-0.25, -0.2) is 4.39 Å². The Morgan fingerprint density at radius 3 is 2.80 bits per heavy atom. The molecule has 1 unspecified atom stereocenters. The van der Waals surface area contributed by atoms with Crippen molar-refractivity contribution in [3.8, 4) is 5.75 Å². The third-order valence-corrected chi connectivity index (χ3v) is 4.30. The first-order chi connectivity index (χ1) is 9.54. The van der Waals surface area contributed by atoms with Crippen molar-refractivity contribution in [1.29, 1.82) is 0 Å². The van der Waals surface area contributed by atoms with Gasteiger partial charge in [-0.05, 0) is 51.8 Å². The van der Waals surface area contributed by atoms with Gasteiger partial charge in [0.05, 0.1) is 4.47 Å². The summed E-state index contributed by atoms with van der Waals surface area (Å²) >= 11 is 9.11. The van der Waals surface area contributed by atoms with Crippen LogP contribution < -0.4 is 10.5 Å². The van der Waals surface area contributed by atoms with Crippen molar-refractivity contribution in [2.75, 3.05) is 0 Å². The Morgan fingerprint density at radius 1 is 1.25 bits per heavy atom. The lowest BCUT2D eigenvalue weighted by molar-refractivity contribution is 0.161. The molecular formula is C15H12BrClFNO. The fourth-order valence-electron chi connectivity index (χ4n) is 2.39. The monoisotopic (exact) mass is 355 g/mol. The molecule has 2 aromatic rings. The molecule has 5 heteroatoms. The van der Waals surface area contributed by atoms with Crippen molar-refractivity contribution in [3.05, 3.63) is 62.8 Å². The smallest absolute Gasteiger partial charge is 0.137 e. The molecule has 0 saturated carbocycles. The minimum Gasteiger partial charge on any atom is -0.485 e. The highest BCUT2D eigenvalue weighted by Gasteiger charge is 2.27. The Balaban J connectivity index is 1.94. The molecule has 2 N–H and O–H groups in total.